The molecule has 200 valence electrons. The zero-order valence-corrected chi connectivity index (χ0v) is 18.7. The van der Waals surface area contributed by atoms with E-state index in [1.165, 1.54) is 0 Å². The maximum absolute atomic E-state index is 14.4. The zero-order valence-electron chi connectivity index (χ0n) is 18.7. The molecular weight excluding hydrogens is 499 g/mol. The summed E-state index contributed by atoms with van der Waals surface area (Å²) in [5, 5.41) is 0. The number of alkyl halides is 9. The van der Waals surface area contributed by atoms with Crippen molar-refractivity contribution < 1.29 is 58.6 Å². The maximum Gasteiger partial charge on any atom is 0.437 e. The number of rotatable bonds is 8. The SMILES string of the molecule is C=C(C)C(=O)OCC(CC(F)(F)C(F)(C(F)(F)F)C(F)(F)F)OC(=O)C12CC3CC(CC(C3)C1)C2. The minimum atomic E-state index is -7.03. The second-order valence-corrected chi connectivity index (χ2v) is 10.2. The van der Waals surface area contributed by atoms with Gasteiger partial charge in [0.05, 0.1) is 11.8 Å². The van der Waals surface area contributed by atoms with Crippen LogP contribution >= 0.6 is 0 Å². The first-order valence-electron chi connectivity index (χ1n) is 11.1. The minimum Gasteiger partial charge on any atom is -0.458 e. The number of halogens is 9. The normalized spacial score (nSPS) is 29.6. The number of esters is 2. The van der Waals surface area contributed by atoms with Crippen LogP contribution in [-0.4, -0.2) is 48.6 Å². The summed E-state index contributed by atoms with van der Waals surface area (Å²) in [6.07, 6.45) is -15.4. The summed E-state index contributed by atoms with van der Waals surface area (Å²) >= 11 is 0. The predicted molar refractivity (Wildman–Crippen MR) is 102 cm³/mol. The summed E-state index contributed by atoms with van der Waals surface area (Å²) in [5.74, 6) is -7.86. The highest BCUT2D eigenvalue weighted by atomic mass is 19.4. The molecule has 0 amide bonds. The molecule has 13 heteroatoms. The van der Waals surface area contributed by atoms with Crippen LogP contribution < -0.4 is 0 Å². The van der Waals surface area contributed by atoms with E-state index in [9.17, 15) is 49.1 Å². The van der Waals surface area contributed by atoms with E-state index in [1.807, 2.05) is 0 Å². The molecule has 0 N–H and O–H groups in total. The monoisotopic (exact) mass is 524 g/mol. The molecule has 1 unspecified atom stereocenters. The predicted octanol–water partition coefficient (Wildman–Crippen LogP) is 6.09. The highest BCUT2D eigenvalue weighted by Gasteiger charge is 2.84. The van der Waals surface area contributed by atoms with Gasteiger partial charge in [0.1, 0.15) is 12.7 Å². The van der Waals surface area contributed by atoms with Crippen molar-refractivity contribution in [3.8, 4) is 0 Å². The smallest absolute Gasteiger partial charge is 0.437 e. The van der Waals surface area contributed by atoms with E-state index >= 15 is 0 Å². The topological polar surface area (TPSA) is 52.6 Å². The lowest BCUT2D eigenvalue weighted by atomic mass is 9.49. The molecule has 4 rings (SSSR count). The molecule has 4 bridgehead atoms. The average molecular weight is 524 g/mol. The molecule has 0 spiro atoms. The molecule has 4 nitrogen and oxygen atoms in total. The van der Waals surface area contributed by atoms with E-state index in [4.69, 9.17) is 4.74 Å². The summed E-state index contributed by atoms with van der Waals surface area (Å²) < 4.78 is 130. The Morgan fingerprint density at radius 2 is 1.31 bits per heavy atom. The summed E-state index contributed by atoms with van der Waals surface area (Å²) in [4.78, 5) is 24.7. The highest BCUT2D eigenvalue weighted by molar-refractivity contribution is 5.87. The lowest BCUT2D eigenvalue weighted by molar-refractivity contribution is -0.399. The summed E-state index contributed by atoms with van der Waals surface area (Å²) in [7, 11) is 0. The van der Waals surface area contributed by atoms with Crippen LogP contribution in [0.1, 0.15) is 51.9 Å². The van der Waals surface area contributed by atoms with Gasteiger partial charge in [-0.3, -0.25) is 4.79 Å². The number of carbonyl (C=O) groups is 2. The average Bonchev–Trinajstić information content (AvgIpc) is 2.67. The largest absolute Gasteiger partial charge is 0.458 e. The molecule has 0 aromatic carbocycles. The maximum atomic E-state index is 14.4. The minimum absolute atomic E-state index is 0.170. The van der Waals surface area contributed by atoms with Gasteiger partial charge in [-0.25, -0.2) is 18.0 Å². The molecule has 1 atom stereocenters. The van der Waals surface area contributed by atoms with E-state index in [1.54, 1.807) is 0 Å². The number of hydrogen-bond acceptors (Lipinski definition) is 4. The molecule has 0 aliphatic heterocycles. The van der Waals surface area contributed by atoms with Gasteiger partial charge in [0, 0.05) is 5.57 Å². The van der Waals surface area contributed by atoms with Gasteiger partial charge >= 0.3 is 35.9 Å². The van der Waals surface area contributed by atoms with Gasteiger partial charge in [0.2, 0.25) is 0 Å². The van der Waals surface area contributed by atoms with Gasteiger partial charge < -0.3 is 9.47 Å². The first-order valence-corrected chi connectivity index (χ1v) is 11.1. The molecule has 0 radical (unpaired) electrons. The fourth-order valence-electron chi connectivity index (χ4n) is 6.07. The Morgan fingerprint density at radius 3 is 1.69 bits per heavy atom. The summed E-state index contributed by atoms with van der Waals surface area (Å²) in [6, 6.07) is 0. The van der Waals surface area contributed by atoms with Gasteiger partial charge in [0.15, 0.2) is 0 Å². The fourth-order valence-corrected chi connectivity index (χ4v) is 6.07. The summed E-state index contributed by atoms with van der Waals surface area (Å²) in [6.45, 7) is 3.06. The van der Waals surface area contributed by atoms with Crippen LogP contribution in [0.4, 0.5) is 39.5 Å². The van der Waals surface area contributed by atoms with Crippen LogP contribution in [0, 0.1) is 23.2 Å². The third kappa shape index (κ3) is 5.00. The molecule has 0 saturated heterocycles. The number of hydrogen-bond donors (Lipinski definition) is 0. The molecule has 35 heavy (non-hydrogen) atoms. The van der Waals surface area contributed by atoms with Gasteiger partial charge in [-0.1, -0.05) is 6.58 Å². The van der Waals surface area contributed by atoms with E-state index in [0.717, 1.165) is 26.2 Å². The van der Waals surface area contributed by atoms with Gasteiger partial charge in [0.25, 0.3) is 0 Å². The second kappa shape index (κ2) is 8.86. The lowest BCUT2D eigenvalue weighted by Gasteiger charge is -2.55. The third-order valence-electron chi connectivity index (χ3n) is 7.26. The van der Waals surface area contributed by atoms with E-state index in [2.05, 4.69) is 11.3 Å². The van der Waals surface area contributed by atoms with E-state index < -0.39 is 60.4 Å². The highest BCUT2D eigenvalue weighted by Crippen LogP contribution is 2.61. The third-order valence-corrected chi connectivity index (χ3v) is 7.26. The molecule has 4 fully saturated rings. The van der Waals surface area contributed by atoms with Crippen molar-refractivity contribution >= 4 is 11.9 Å². The van der Waals surface area contributed by atoms with Crippen molar-refractivity contribution in [1.82, 2.24) is 0 Å². The van der Waals surface area contributed by atoms with Gasteiger partial charge in [-0.15, -0.1) is 0 Å². The molecule has 0 aromatic heterocycles. The van der Waals surface area contributed by atoms with Crippen molar-refractivity contribution in [2.75, 3.05) is 6.61 Å². The van der Waals surface area contributed by atoms with Crippen LogP contribution in [0.25, 0.3) is 0 Å². The van der Waals surface area contributed by atoms with Crippen molar-refractivity contribution in [2.45, 2.75) is 81.9 Å². The lowest BCUT2D eigenvalue weighted by Crippen LogP contribution is -2.65. The Bertz CT molecular complexity index is 813. The zero-order chi connectivity index (χ0) is 26.6. The van der Waals surface area contributed by atoms with Crippen LogP contribution in [-0.2, 0) is 19.1 Å². The standard InChI is InChI=1S/C22H25F9O4/c1-11(2)16(32)34-10-15(9-19(23,24)20(25,21(26,27)28)22(29,30)31)35-17(33)18-6-12-3-13(7-18)5-14(4-12)8-18/h12-15H,1,3-10H2,2H3. The molecule has 0 aromatic rings. The van der Waals surface area contributed by atoms with Crippen molar-refractivity contribution in [3.05, 3.63) is 12.2 Å². The fraction of sp³-hybridized carbons (Fsp3) is 0.818. The van der Waals surface area contributed by atoms with Gasteiger partial charge in [-0.2, -0.15) is 26.3 Å². The molecular formula is C22H25F9O4. The van der Waals surface area contributed by atoms with E-state index in [-0.39, 0.29) is 23.3 Å². The van der Waals surface area contributed by atoms with Crippen molar-refractivity contribution in [2.24, 2.45) is 23.2 Å². The second-order valence-electron chi connectivity index (χ2n) is 10.2. The first-order chi connectivity index (χ1) is 15.8. The van der Waals surface area contributed by atoms with Crippen molar-refractivity contribution in [3.63, 3.8) is 0 Å². The Balaban J connectivity index is 1.86. The van der Waals surface area contributed by atoms with E-state index in [0.29, 0.717) is 19.3 Å². The van der Waals surface area contributed by atoms with Crippen molar-refractivity contribution in [1.29, 1.82) is 0 Å². The summed E-state index contributed by atoms with van der Waals surface area (Å²) in [5.41, 5.74) is -8.29. The van der Waals surface area contributed by atoms with Crippen LogP contribution in [0.15, 0.2) is 12.2 Å². The Morgan fingerprint density at radius 1 is 0.886 bits per heavy atom. The first kappa shape index (κ1) is 27.6. The molecule has 4 aliphatic carbocycles. The van der Waals surface area contributed by atoms with Gasteiger partial charge in [-0.05, 0) is 63.2 Å². The quantitative estimate of drug-likeness (QED) is 0.219. The molecule has 4 saturated carbocycles. The van der Waals surface area contributed by atoms with Crippen LogP contribution in [0.5, 0.6) is 0 Å². The number of ether oxygens (including phenoxy) is 2. The Hall–Kier alpha value is -1.95. The Labute approximate surface area is 195 Å². The van der Waals surface area contributed by atoms with Crippen LogP contribution in [0.2, 0.25) is 0 Å². The number of carbonyl (C=O) groups excluding carboxylic acids is 2. The van der Waals surface area contributed by atoms with Crippen LogP contribution in [0.3, 0.4) is 0 Å². The molecule has 0 heterocycles. The molecule has 4 aliphatic rings. The Kier molecular flexibility index (Phi) is 7.00.